The number of carboxylic acids is 1. The molecule has 0 unspecified atom stereocenters. The lowest BCUT2D eigenvalue weighted by atomic mass is 10.1. The number of rotatable bonds is 6. The molecular weight excluding hydrogens is 248 g/mol. The maximum absolute atomic E-state index is 10.9. The van der Waals surface area contributed by atoms with Gasteiger partial charge in [-0.1, -0.05) is 12.1 Å². The molecule has 100 valence electrons. The molecule has 19 heavy (non-hydrogen) atoms. The highest BCUT2D eigenvalue weighted by Crippen LogP contribution is 2.18. The highest BCUT2D eigenvalue weighted by molar-refractivity contribution is 6.01. The van der Waals surface area contributed by atoms with E-state index >= 15 is 0 Å². The number of carbonyl (C=O) groups excluding carboxylic acids is 1. The van der Waals surface area contributed by atoms with Crippen molar-refractivity contribution >= 4 is 18.0 Å². The minimum absolute atomic E-state index is 0.0294. The molecule has 0 aliphatic heterocycles. The van der Waals surface area contributed by atoms with Crippen LogP contribution in [0.3, 0.4) is 0 Å². The van der Waals surface area contributed by atoms with E-state index in [1.165, 1.54) is 19.1 Å². The molecule has 0 saturated heterocycles. The Balaban J connectivity index is 3.20. The minimum atomic E-state index is -1.38. The molecule has 0 saturated carbocycles. The first-order valence-electron chi connectivity index (χ1n) is 5.59. The predicted octanol–water partition coefficient (Wildman–Crippen LogP) is 1.92. The van der Waals surface area contributed by atoms with Gasteiger partial charge in [0, 0.05) is 0 Å². The van der Waals surface area contributed by atoms with Gasteiger partial charge in [0.15, 0.2) is 5.57 Å². The van der Waals surface area contributed by atoms with Gasteiger partial charge in [-0.3, -0.25) is 0 Å². The van der Waals surface area contributed by atoms with Crippen molar-refractivity contribution in [2.75, 3.05) is 13.7 Å². The molecule has 0 atom stereocenters. The lowest BCUT2D eigenvalue weighted by Crippen LogP contribution is -2.07. The van der Waals surface area contributed by atoms with Crippen molar-refractivity contribution in [2.24, 2.45) is 0 Å². The van der Waals surface area contributed by atoms with Crippen molar-refractivity contribution in [1.29, 1.82) is 0 Å². The van der Waals surface area contributed by atoms with Crippen LogP contribution in [0.1, 0.15) is 12.5 Å². The van der Waals surface area contributed by atoms with E-state index < -0.39 is 11.5 Å². The molecule has 5 nitrogen and oxygen atoms in total. The molecular formula is C14H14O5. The van der Waals surface area contributed by atoms with Crippen molar-refractivity contribution in [3.8, 4) is 5.75 Å². The Morgan fingerprint density at radius 1 is 1.47 bits per heavy atom. The second kappa shape index (κ2) is 7.03. The van der Waals surface area contributed by atoms with Crippen molar-refractivity contribution in [2.45, 2.75) is 6.92 Å². The topological polar surface area (TPSA) is 72.8 Å². The van der Waals surface area contributed by atoms with Crippen molar-refractivity contribution in [3.63, 3.8) is 0 Å². The Bertz CT molecular complexity index is 539. The molecule has 0 fully saturated rings. The number of carbonyl (C=O) groups is 1. The Hall–Kier alpha value is -2.52. The summed E-state index contributed by atoms with van der Waals surface area (Å²) in [5.41, 5.74) is 0.126. The molecule has 1 rings (SSSR count). The van der Waals surface area contributed by atoms with Gasteiger partial charge in [-0.05, 0) is 30.7 Å². The van der Waals surface area contributed by atoms with Gasteiger partial charge in [0.2, 0.25) is 0 Å². The summed E-state index contributed by atoms with van der Waals surface area (Å²) in [6, 6.07) is 6.94. The normalized spacial score (nSPS) is 10.5. The van der Waals surface area contributed by atoms with Crippen LogP contribution in [-0.2, 0) is 14.3 Å². The summed E-state index contributed by atoms with van der Waals surface area (Å²) in [5, 5.41) is 8.90. The highest BCUT2D eigenvalue weighted by Gasteiger charge is 2.16. The minimum Gasteiger partial charge on any atom is -0.497 e. The van der Waals surface area contributed by atoms with Gasteiger partial charge in [0.25, 0.3) is 0 Å². The van der Waals surface area contributed by atoms with Crippen LogP contribution in [0.4, 0.5) is 0 Å². The van der Waals surface area contributed by atoms with Crippen LogP contribution in [0.25, 0.3) is 6.08 Å². The number of hydrogen-bond acceptors (Lipinski definition) is 4. The van der Waals surface area contributed by atoms with Crippen molar-refractivity contribution < 1.29 is 24.2 Å². The standard InChI is InChI=1S/C14H14O5/c1-3-19-13(12(9-15)14(16)17)8-10-5-4-6-11(7-10)18-2/h4-8H,3H2,1-2H3,(H,16,17). The van der Waals surface area contributed by atoms with E-state index in [2.05, 4.69) is 0 Å². The molecule has 1 aromatic carbocycles. The van der Waals surface area contributed by atoms with Gasteiger partial charge >= 0.3 is 5.97 Å². The molecule has 0 aliphatic carbocycles. The third-order valence-electron chi connectivity index (χ3n) is 2.25. The summed E-state index contributed by atoms with van der Waals surface area (Å²) < 4.78 is 10.2. The molecule has 0 aromatic heterocycles. The fourth-order valence-corrected chi connectivity index (χ4v) is 1.42. The van der Waals surface area contributed by atoms with Gasteiger partial charge in [0.05, 0.1) is 13.7 Å². The average Bonchev–Trinajstić information content (AvgIpc) is 2.39. The summed E-state index contributed by atoms with van der Waals surface area (Å²) in [5.74, 6) is 0.593. The van der Waals surface area contributed by atoms with E-state index in [-0.39, 0.29) is 12.4 Å². The first-order chi connectivity index (χ1) is 9.12. The largest absolute Gasteiger partial charge is 0.497 e. The molecule has 1 aromatic rings. The van der Waals surface area contributed by atoms with Crippen LogP contribution in [-0.4, -0.2) is 30.7 Å². The Morgan fingerprint density at radius 2 is 2.21 bits per heavy atom. The lowest BCUT2D eigenvalue weighted by Gasteiger charge is -2.07. The van der Waals surface area contributed by atoms with Gasteiger partial charge < -0.3 is 14.6 Å². The molecule has 0 radical (unpaired) electrons. The van der Waals surface area contributed by atoms with Crippen LogP contribution in [0.15, 0.2) is 35.6 Å². The molecule has 0 spiro atoms. The highest BCUT2D eigenvalue weighted by atomic mass is 16.5. The monoisotopic (exact) mass is 262 g/mol. The SMILES string of the molecule is CCOC(=Cc1cccc(OC)c1)C(=C=O)C(=O)O. The molecule has 0 amide bonds. The third-order valence-corrected chi connectivity index (χ3v) is 2.25. The Kier molecular flexibility index (Phi) is 5.38. The fourth-order valence-electron chi connectivity index (χ4n) is 1.42. The lowest BCUT2D eigenvalue weighted by molar-refractivity contribution is -0.132. The van der Waals surface area contributed by atoms with Crippen LogP contribution in [0.2, 0.25) is 0 Å². The predicted molar refractivity (Wildman–Crippen MR) is 69.4 cm³/mol. The fraction of sp³-hybridized carbons (Fsp3) is 0.214. The van der Waals surface area contributed by atoms with Crippen LogP contribution in [0, 0.1) is 0 Å². The van der Waals surface area contributed by atoms with Gasteiger partial charge in [0.1, 0.15) is 17.5 Å². The van der Waals surface area contributed by atoms with Gasteiger partial charge in [-0.25, -0.2) is 9.59 Å². The molecule has 0 heterocycles. The summed E-state index contributed by atoms with van der Waals surface area (Å²) in [7, 11) is 1.53. The second-order valence-corrected chi connectivity index (χ2v) is 3.50. The number of aliphatic carboxylic acids is 1. The van der Waals surface area contributed by atoms with Crippen molar-refractivity contribution in [3.05, 3.63) is 41.2 Å². The zero-order valence-electron chi connectivity index (χ0n) is 10.7. The average molecular weight is 262 g/mol. The molecule has 0 aliphatic rings. The maximum atomic E-state index is 10.9. The number of ether oxygens (including phenoxy) is 2. The Morgan fingerprint density at radius 3 is 2.74 bits per heavy atom. The van der Waals surface area contributed by atoms with E-state index in [0.717, 1.165) is 0 Å². The first-order valence-corrected chi connectivity index (χ1v) is 5.59. The van der Waals surface area contributed by atoms with E-state index in [1.807, 2.05) is 0 Å². The summed E-state index contributed by atoms with van der Waals surface area (Å²) >= 11 is 0. The number of benzene rings is 1. The Labute approximate surface area is 110 Å². The first kappa shape index (κ1) is 14.5. The number of methoxy groups -OCH3 is 1. The van der Waals surface area contributed by atoms with Gasteiger partial charge in [-0.15, -0.1) is 0 Å². The smallest absolute Gasteiger partial charge is 0.350 e. The van der Waals surface area contributed by atoms with E-state index in [9.17, 15) is 9.59 Å². The summed E-state index contributed by atoms with van der Waals surface area (Å²) in [6.07, 6.45) is 1.46. The van der Waals surface area contributed by atoms with Gasteiger partial charge in [-0.2, -0.15) is 0 Å². The van der Waals surface area contributed by atoms with E-state index in [1.54, 1.807) is 31.2 Å². The van der Waals surface area contributed by atoms with E-state index in [0.29, 0.717) is 11.3 Å². The quantitative estimate of drug-likeness (QED) is 0.367. The van der Waals surface area contributed by atoms with Crippen LogP contribution in [0.5, 0.6) is 5.75 Å². The van der Waals surface area contributed by atoms with Crippen molar-refractivity contribution in [1.82, 2.24) is 0 Å². The number of carboxylic acid groups (broad SMARTS) is 1. The van der Waals surface area contributed by atoms with E-state index in [4.69, 9.17) is 14.6 Å². The zero-order chi connectivity index (χ0) is 14.3. The maximum Gasteiger partial charge on any atom is 0.350 e. The summed E-state index contributed by atoms with van der Waals surface area (Å²) in [4.78, 5) is 21.6. The second-order valence-electron chi connectivity index (χ2n) is 3.50. The zero-order valence-corrected chi connectivity index (χ0v) is 10.7. The van der Waals surface area contributed by atoms with Crippen LogP contribution >= 0.6 is 0 Å². The molecule has 5 heteroatoms. The third kappa shape index (κ3) is 4.01. The molecule has 1 N–H and O–H groups in total. The summed E-state index contributed by atoms with van der Waals surface area (Å²) in [6.45, 7) is 1.94. The number of hydrogen-bond donors (Lipinski definition) is 1. The molecule has 0 bridgehead atoms. The van der Waals surface area contributed by atoms with Crippen LogP contribution < -0.4 is 4.74 Å².